The van der Waals surface area contributed by atoms with Crippen LogP contribution in [0, 0.1) is 6.92 Å². The summed E-state index contributed by atoms with van der Waals surface area (Å²) in [4.78, 5) is 42.5. The topological polar surface area (TPSA) is 99.6 Å². The van der Waals surface area contributed by atoms with Crippen molar-refractivity contribution in [2.45, 2.75) is 32.2 Å². The zero-order chi connectivity index (χ0) is 18.7. The van der Waals surface area contributed by atoms with Crippen molar-refractivity contribution in [1.82, 2.24) is 9.88 Å². The lowest BCUT2D eigenvalue weighted by molar-refractivity contribution is -0.143. The van der Waals surface area contributed by atoms with Gasteiger partial charge in [0.15, 0.2) is 0 Å². The molecule has 1 aromatic carbocycles. The quantitative estimate of drug-likeness (QED) is 0.858. The smallest absolute Gasteiger partial charge is 0.326 e. The number of carbonyl (C=O) groups is 3. The lowest BCUT2D eigenvalue weighted by atomic mass is 10.0. The Morgan fingerprint density at radius 2 is 2.12 bits per heavy atom. The molecule has 1 saturated heterocycles. The molecule has 1 fully saturated rings. The highest BCUT2D eigenvalue weighted by Gasteiger charge is 2.32. The van der Waals surface area contributed by atoms with Crippen molar-refractivity contribution in [2.75, 3.05) is 11.9 Å². The molecule has 7 nitrogen and oxygen atoms in total. The number of rotatable bonds is 4. The molecular weight excluding hydrogens is 354 g/mol. The number of benzene rings is 1. The first kappa shape index (κ1) is 18.1. The summed E-state index contributed by atoms with van der Waals surface area (Å²) in [6, 6.07) is 5.76. The Balaban J connectivity index is 1.78. The number of aromatic nitrogens is 1. The van der Waals surface area contributed by atoms with Crippen LogP contribution in [0.2, 0.25) is 0 Å². The molecular formula is C18H19N3O4S. The van der Waals surface area contributed by atoms with Crippen LogP contribution in [0.5, 0.6) is 0 Å². The molecule has 1 aromatic heterocycles. The Morgan fingerprint density at radius 3 is 2.81 bits per heavy atom. The molecule has 0 bridgehead atoms. The third kappa shape index (κ3) is 3.75. The van der Waals surface area contributed by atoms with Crippen LogP contribution in [-0.2, 0) is 4.79 Å². The summed E-state index contributed by atoms with van der Waals surface area (Å²) in [7, 11) is 0. The number of hydrogen-bond acceptors (Lipinski definition) is 5. The molecule has 1 atom stereocenters. The molecule has 2 aromatic rings. The lowest BCUT2D eigenvalue weighted by Gasteiger charge is -2.33. The number of piperidine rings is 1. The molecule has 1 aliphatic heterocycles. The minimum atomic E-state index is -0.983. The van der Waals surface area contributed by atoms with Crippen LogP contribution in [-0.4, -0.2) is 45.4 Å². The first-order valence-corrected chi connectivity index (χ1v) is 9.20. The highest BCUT2D eigenvalue weighted by molar-refractivity contribution is 7.12. The second kappa shape index (κ2) is 7.65. The Kier molecular flexibility index (Phi) is 5.32. The standard InChI is InChI=1S/C18H19N3O4S/c1-11-15(26-10-19-11)16(22)20-13-6-4-5-12(9-13)17(23)21-8-3-2-7-14(21)18(24)25/h4-6,9-10,14H,2-3,7-8H2,1H3,(H,20,22)(H,24,25). The zero-order valence-corrected chi connectivity index (χ0v) is 15.1. The van der Waals surface area contributed by atoms with E-state index >= 15 is 0 Å². The van der Waals surface area contributed by atoms with Crippen LogP contribution in [0.25, 0.3) is 0 Å². The molecule has 2 N–H and O–H groups in total. The highest BCUT2D eigenvalue weighted by Crippen LogP contribution is 2.22. The molecule has 0 radical (unpaired) electrons. The number of hydrogen-bond donors (Lipinski definition) is 2. The predicted octanol–water partition coefficient (Wildman–Crippen LogP) is 2.78. The molecule has 136 valence electrons. The number of carbonyl (C=O) groups excluding carboxylic acids is 2. The van der Waals surface area contributed by atoms with Crippen LogP contribution in [0.3, 0.4) is 0 Å². The second-order valence-electron chi connectivity index (χ2n) is 6.15. The number of likely N-dealkylation sites (tertiary alicyclic amines) is 1. The van der Waals surface area contributed by atoms with E-state index in [9.17, 15) is 19.5 Å². The van der Waals surface area contributed by atoms with Crippen molar-refractivity contribution in [3.63, 3.8) is 0 Å². The van der Waals surface area contributed by atoms with E-state index in [1.54, 1.807) is 36.7 Å². The van der Waals surface area contributed by atoms with E-state index in [4.69, 9.17) is 0 Å². The van der Waals surface area contributed by atoms with Gasteiger partial charge in [-0.05, 0) is 44.4 Å². The van der Waals surface area contributed by atoms with Crippen LogP contribution in [0.15, 0.2) is 29.8 Å². The van der Waals surface area contributed by atoms with Gasteiger partial charge in [0, 0.05) is 17.8 Å². The molecule has 26 heavy (non-hydrogen) atoms. The summed E-state index contributed by atoms with van der Waals surface area (Å²) in [6.07, 6.45) is 2.05. The Morgan fingerprint density at radius 1 is 1.31 bits per heavy atom. The van der Waals surface area contributed by atoms with Crippen molar-refractivity contribution in [3.8, 4) is 0 Å². The van der Waals surface area contributed by atoms with Crippen molar-refractivity contribution >= 4 is 34.8 Å². The maximum atomic E-state index is 12.8. The van der Waals surface area contributed by atoms with Crippen LogP contribution < -0.4 is 5.32 Å². The van der Waals surface area contributed by atoms with Gasteiger partial charge in [-0.25, -0.2) is 9.78 Å². The zero-order valence-electron chi connectivity index (χ0n) is 14.3. The summed E-state index contributed by atoms with van der Waals surface area (Å²) in [5.74, 6) is -1.60. The molecule has 8 heteroatoms. The van der Waals surface area contributed by atoms with Gasteiger partial charge in [-0.3, -0.25) is 9.59 Å². The summed E-state index contributed by atoms with van der Waals surface area (Å²) in [5, 5.41) is 12.1. The Hall–Kier alpha value is -2.74. The second-order valence-corrected chi connectivity index (χ2v) is 7.00. The SMILES string of the molecule is Cc1ncsc1C(=O)Nc1cccc(C(=O)N2CCCCC2C(=O)O)c1. The number of thiazole rings is 1. The minimum absolute atomic E-state index is 0.281. The van der Waals surface area contributed by atoms with Crippen LogP contribution >= 0.6 is 11.3 Å². The third-order valence-electron chi connectivity index (χ3n) is 4.37. The van der Waals surface area contributed by atoms with Gasteiger partial charge in [0.1, 0.15) is 10.9 Å². The van der Waals surface area contributed by atoms with Gasteiger partial charge in [-0.1, -0.05) is 6.07 Å². The summed E-state index contributed by atoms with van der Waals surface area (Å²) < 4.78 is 0. The van der Waals surface area contributed by atoms with E-state index in [1.807, 2.05) is 0 Å². The summed E-state index contributed by atoms with van der Waals surface area (Å²) >= 11 is 1.25. The average molecular weight is 373 g/mol. The number of aliphatic carboxylic acids is 1. The van der Waals surface area contributed by atoms with Gasteiger partial charge in [-0.2, -0.15) is 0 Å². The normalized spacial score (nSPS) is 17.0. The fraction of sp³-hybridized carbons (Fsp3) is 0.333. The largest absolute Gasteiger partial charge is 0.480 e. The third-order valence-corrected chi connectivity index (χ3v) is 5.30. The van der Waals surface area contributed by atoms with E-state index < -0.39 is 12.0 Å². The van der Waals surface area contributed by atoms with Crippen molar-refractivity contribution in [3.05, 3.63) is 45.9 Å². The number of nitrogens with one attached hydrogen (secondary N) is 1. The number of anilines is 1. The fourth-order valence-corrected chi connectivity index (χ4v) is 3.73. The molecule has 0 saturated carbocycles. The number of aryl methyl sites for hydroxylation is 1. The van der Waals surface area contributed by atoms with Gasteiger partial charge in [-0.15, -0.1) is 11.3 Å². The molecule has 2 amide bonds. The van der Waals surface area contributed by atoms with E-state index in [2.05, 4.69) is 10.3 Å². The van der Waals surface area contributed by atoms with Gasteiger partial charge in [0.25, 0.3) is 11.8 Å². The monoisotopic (exact) mass is 373 g/mol. The van der Waals surface area contributed by atoms with Crippen LogP contribution in [0.1, 0.15) is 45.0 Å². The first-order chi connectivity index (χ1) is 12.5. The molecule has 0 spiro atoms. The molecule has 3 rings (SSSR count). The highest BCUT2D eigenvalue weighted by atomic mass is 32.1. The number of carboxylic acids is 1. The lowest BCUT2D eigenvalue weighted by Crippen LogP contribution is -2.48. The van der Waals surface area contributed by atoms with Gasteiger partial charge < -0.3 is 15.3 Å². The summed E-state index contributed by atoms with van der Waals surface area (Å²) in [5.41, 5.74) is 3.10. The fourth-order valence-electron chi connectivity index (χ4n) is 3.03. The van der Waals surface area contributed by atoms with Gasteiger partial charge >= 0.3 is 5.97 Å². The predicted molar refractivity (Wildman–Crippen MR) is 97.6 cm³/mol. The van der Waals surface area contributed by atoms with Gasteiger partial charge in [0.05, 0.1) is 11.2 Å². The number of nitrogens with zero attached hydrogens (tertiary/aromatic N) is 2. The first-order valence-electron chi connectivity index (χ1n) is 8.32. The Bertz CT molecular complexity index is 848. The minimum Gasteiger partial charge on any atom is -0.480 e. The Labute approximate surface area is 154 Å². The molecule has 2 heterocycles. The molecule has 1 unspecified atom stereocenters. The molecule has 0 aliphatic carbocycles. The van der Waals surface area contributed by atoms with E-state index in [-0.39, 0.29) is 11.8 Å². The average Bonchev–Trinajstić information content (AvgIpc) is 3.07. The van der Waals surface area contributed by atoms with Crippen molar-refractivity contribution in [1.29, 1.82) is 0 Å². The van der Waals surface area contributed by atoms with E-state index in [0.29, 0.717) is 34.8 Å². The van der Waals surface area contributed by atoms with Crippen molar-refractivity contribution in [2.24, 2.45) is 0 Å². The molecule has 1 aliphatic rings. The van der Waals surface area contributed by atoms with E-state index in [1.165, 1.54) is 16.2 Å². The van der Waals surface area contributed by atoms with Gasteiger partial charge in [0.2, 0.25) is 0 Å². The van der Waals surface area contributed by atoms with Crippen molar-refractivity contribution < 1.29 is 19.5 Å². The van der Waals surface area contributed by atoms with E-state index in [0.717, 1.165) is 12.8 Å². The number of carboxylic acid groups (broad SMARTS) is 1. The summed E-state index contributed by atoms with van der Waals surface area (Å²) in [6.45, 7) is 2.18. The number of amides is 2. The maximum absolute atomic E-state index is 12.8. The maximum Gasteiger partial charge on any atom is 0.326 e. The van der Waals surface area contributed by atoms with Crippen LogP contribution in [0.4, 0.5) is 5.69 Å².